The zero-order chi connectivity index (χ0) is 22.9. The van der Waals surface area contributed by atoms with Crippen LogP contribution in [0, 0.1) is 0 Å². The fourth-order valence-corrected chi connectivity index (χ4v) is 4.10. The molecule has 1 aliphatic heterocycles. The molecule has 2 heterocycles. The molecule has 0 atom stereocenters. The molecule has 0 N–H and O–H groups in total. The Morgan fingerprint density at radius 1 is 0.938 bits per heavy atom. The van der Waals surface area contributed by atoms with E-state index < -0.39 is 11.7 Å². The quantitative estimate of drug-likeness (QED) is 0.416. The minimum Gasteiger partial charge on any atom is -0.383 e. The van der Waals surface area contributed by atoms with Crippen LogP contribution in [-0.2, 0) is 25.6 Å². The normalized spacial score (nSPS) is 14.4. The van der Waals surface area contributed by atoms with Gasteiger partial charge in [-0.1, -0.05) is 31.0 Å². The average molecular weight is 444 g/mol. The van der Waals surface area contributed by atoms with Crippen LogP contribution >= 0.6 is 0 Å². The first kappa shape index (κ1) is 23.9. The van der Waals surface area contributed by atoms with Crippen molar-refractivity contribution in [2.24, 2.45) is 0 Å². The maximum absolute atomic E-state index is 13.2. The first-order chi connectivity index (χ1) is 15.6. The Kier molecular flexibility index (Phi) is 8.81. The van der Waals surface area contributed by atoms with E-state index >= 15 is 0 Å². The predicted molar refractivity (Wildman–Crippen MR) is 122 cm³/mol. The van der Waals surface area contributed by atoms with Gasteiger partial charge in [0, 0.05) is 57.5 Å². The number of carbonyl (C=O) groups excluding carboxylic acids is 3. The molecule has 1 aliphatic rings. The van der Waals surface area contributed by atoms with Crippen molar-refractivity contribution in [1.82, 2.24) is 14.4 Å². The van der Waals surface area contributed by atoms with Crippen LogP contribution in [0.25, 0.3) is 10.9 Å². The fraction of sp³-hybridized carbons (Fsp3) is 0.542. The highest BCUT2D eigenvalue weighted by molar-refractivity contribution is 6.44. The van der Waals surface area contributed by atoms with Crippen molar-refractivity contribution in [3.05, 3.63) is 36.0 Å². The number of Topliss-reactive ketones (excluding diaryl/α,β-unsaturated/α-hetero) is 1. The molecule has 1 saturated heterocycles. The van der Waals surface area contributed by atoms with Crippen LogP contribution < -0.4 is 0 Å². The van der Waals surface area contributed by atoms with E-state index in [1.165, 1.54) is 4.90 Å². The highest BCUT2D eigenvalue weighted by Crippen LogP contribution is 2.23. The number of ether oxygens (including phenoxy) is 2. The zero-order valence-electron chi connectivity index (χ0n) is 19.0. The van der Waals surface area contributed by atoms with E-state index in [4.69, 9.17) is 9.47 Å². The average Bonchev–Trinajstić information content (AvgIpc) is 2.98. The lowest BCUT2D eigenvalue weighted by Gasteiger charge is -2.21. The number of amides is 2. The highest BCUT2D eigenvalue weighted by atomic mass is 16.5. The summed E-state index contributed by atoms with van der Waals surface area (Å²) in [6.07, 6.45) is 6.00. The van der Waals surface area contributed by atoms with Crippen LogP contribution in [0.15, 0.2) is 30.5 Å². The summed E-state index contributed by atoms with van der Waals surface area (Å²) < 4.78 is 11.9. The van der Waals surface area contributed by atoms with Crippen LogP contribution in [0.4, 0.5) is 0 Å². The topological polar surface area (TPSA) is 81.1 Å². The van der Waals surface area contributed by atoms with Gasteiger partial charge in [-0.05, 0) is 18.9 Å². The molecule has 2 amide bonds. The summed E-state index contributed by atoms with van der Waals surface area (Å²) in [5.74, 6) is -1.14. The Morgan fingerprint density at radius 2 is 1.56 bits per heavy atom. The summed E-state index contributed by atoms with van der Waals surface area (Å²) in [6, 6.07) is 7.39. The maximum Gasteiger partial charge on any atom is 0.295 e. The van der Waals surface area contributed by atoms with Crippen LogP contribution in [0.3, 0.4) is 0 Å². The summed E-state index contributed by atoms with van der Waals surface area (Å²) in [5, 5.41) is 0.674. The Bertz CT molecular complexity index is 923. The van der Waals surface area contributed by atoms with Gasteiger partial charge in [0.25, 0.3) is 11.7 Å². The molecule has 3 rings (SSSR count). The molecule has 0 saturated carbocycles. The van der Waals surface area contributed by atoms with Gasteiger partial charge in [-0.25, -0.2) is 0 Å². The molecule has 0 aliphatic carbocycles. The van der Waals surface area contributed by atoms with E-state index in [-0.39, 0.29) is 12.5 Å². The lowest BCUT2D eigenvalue weighted by molar-refractivity contribution is -0.131. The molecular weight excluding hydrogens is 410 g/mol. The zero-order valence-corrected chi connectivity index (χ0v) is 19.0. The van der Waals surface area contributed by atoms with Crippen molar-refractivity contribution in [2.45, 2.75) is 32.2 Å². The van der Waals surface area contributed by atoms with Gasteiger partial charge in [-0.15, -0.1) is 0 Å². The third-order valence-electron chi connectivity index (χ3n) is 5.91. The third kappa shape index (κ3) is 5.75. The van der Waals surface area contributed by atoms with Crippen molar-refractivity contribution >= 4 is 28.5 Å². The summed E-state index contributed by atoms with van der Waals surface area (Å²) >= 11 is 0. The summed E-state index contributed by atoms with van der Waals surface area (Å²) in [7, 11) is 3.10. The van der Waals surface area contributed by atoms with Gasteiger partial charge < -0.3 is 23.8 Å². The highest BCUT2D eigenvalue weighted by Gasteiger charge is 2.27. The second-order valence-electron chi connectivity index (χ2n) is 8.09. The van der Waals surface area contributed by atoms with E-state index in [1.54, 1.807) is 25.0 Å². The molecule has 0 unspecified atom stereocenters. The van der Waals surface area contributed by atoms with E-state index in [1.807, 2.05) is 29.2 Å². The molecule has 174 valence electrons. The second kappa shape index (κ2) is 11.8. The van der Waals surface area contributed by atoms with Crippen molar-refractivity contribution in [3.63, 3.8) is 0 Å². The molecule has 1 fully saturated rings. The number of nitrogens with zero attached hydrogens (tertiary/aromatic N) is 3. The molecule has 8 nitrogen and oxygen atoms in total. The number of benzene rings is 1. The van der Waals surface area contributed by atoms with E-state index in [2.05, 4.69) is 0 Å². The third-order valence-corrected chi connectivity index (χ3v) is 5.91. The van der Waals surface area contributed by atoms with Crippen molar-refractivity contribution in [1.29, 1.82) is 0 Å². The Morgan fingerprint density at radius 3 is 2.19 bits per heavy atom. The van der Waals surface area contributed by atoms with Crippen LogP contribution in [0.5, 0.6) is 0 Å². The van der Waals surface area contributed by atoms with Crippen LogP contribution in [0.1, 0.15) is 36.0 Å². The van der Waals surface area contributed by atoms with Gasteiger partial charge in [-0.2, -0.15) is 0 Å². The number of aromatic nitrogens is 1. The Balaban J connectivity index is 1.84. The lowest BCUT2D eigenvalue weighted by Crippen LogP contribution is -2.40. The van der Waals surface area contributed by atoms with Gasteiger partial charge in [-0.3, -0.25) is 14.4 Å². The van der Waals surface area contributed by atoms with Gasteiger partial charge >= 0.3 is 0 Å². The first-order valence-electron chi connectivity index (χ1n) is 11.2. The van der Waals surface area contributed by atoms with Crippen LogP contribution in [0.2, 0.25) is 0 Å². The number of likely N-dealkylation sites (tertiary alicyclic amines) is 1. The number of para-hydroxylation sites is 1. The van der Waals surface area contributed by atoms with E-state index in [0.717, 1.165) is 44.3 Å². The smallest absolute Gasteiger partial charge is 0.295 e. The van der Waals surface area contributed by atoms with Crippen molar-refractivity contribution in [2.75, 3.05) is 53.6 Å². The summed E-state index contributed by atoms with van der Waals surface area (Å²) in [4.78, 5) is 42.5. The minimum absolute atomic E-state index is 0.0415. The van der Waals surface area contributed by atoms with Gasteiger partial charge in [0.2, 0.25) is 5.91 Å². The number of carbonyl (C=O) groups is 3. The number of ketones is 1. The summed E-state index contributed by atoms with van der Waals surface area (Å²) in [5.41, 5.74) is 1.08. The van der Waals surface area contributed by atoms with Crippen molar-refractivity contribution in [3.8, 4) is 0 Å². The number of methoxy groups -OCH3 is 2. The molecule has 2 aromatic rings. The number of hydrogen-bond acceptors (Lipinski definition) is 5. The van der Waals surface area contributed by atoms with Gasteiger partial charge in [0.05, 0.1) is 18.8 Å². The van der Waals surface area contributed by atoms with Crippen LogP contribution in [-0.4, -0.2) is 85.6 Å². The maximum atomic E-state index is 13.2. The number of fused-ring (bicyclic) bond motifs is 1. The first-order valence-corrected chi connectivity index (χ1v) is 11.2. The van der Waals surface area contributed by atoms with E-state index in [0.29, 0.717) is 37.3 Å². The molecule has 0 bridgehead atoms. The molecule has 0 radical (unpaired) electrons. The molecular formula is C24H33N3O5. The minimum atomic E-state index is -0.596. The van der Waals surface area contributed by atoms with Gasteiger partial charge in [0.15, 0.2) is 0 Å². The fourth-order valence-electron chi connectivity index (χ4n) is 4.10. The molecule has 1 aromatic heterocycles. The van der Waals surface area contributed by atoms with Crippen molar-refractivity contribution < 1.29 is 23.9 Å². The molecule has 8 heteroatoms. The molecule has 1 aromatic carbocycles. The van der Waals surface area contributed by atoms with Gasteiger partial charge in [0.1, 0.15) is 6.54 Å². The number of hydrogen-bond donors (Lipinski definition) is 0. The number of rotatable bonds is 10. The monoisotopic (exact) mass is 443 g/mol. The Hall–Kier alpha value is -2.71. The molecule has 0 spiro atoms. The lowest BCUT2D eigenvalue weighted by atomic mass is 10.1. The predicted octanol–water partition coefficient (Wildman–Crippen LogP) is 2.35. The van der Waals surface area contributed by atoms with E-state index in [9.17, 15) is 14.4 Å². The summed E-state index contributed by atoms with van der Waals surface area (Å²) in [6.45, 7) is 2.96. The molecule has 32 heavy (non-hydrogen) atoms. The second-order valence-corrected chi connectivity index (χ2v) is 8.09. The largest absolute Gasteiger partial charge is 0.383 e. The Labute approximate surface area is 189 Å². The standard InChI is InChI=1S/C24H33N3O5/c1-31-15-13-26(14-16-32-2)24(30)23(29)20-17-27(21-10-6-5-9-19(20)21)18-22(28)25-11-7-3-4-8-12-25/h5-6,9-10,17H,3-4,7-8,11-16,18H2,1-2H3. The SMILES string of the molecule is COCCN(CCOC)C(=O)C(=O)c1cn(CC(=O)N2CCCCCC2)c2ccccc12.